The van der Waals surface area contributed by atoms with Gasteiger partial charge in [-0.25, -0.2) is 0 Å². The molecule has 14 heavy (non-hydrogen) atoms. The number of nitrogens with one attached hydrogen (secondary N) is 2. The zero-order chi connectivity index (χ0) is 9.43. The number of piperidine rings is 1. The van der Waals surface area contributed by atoms with Gasteiger partial charge in [0.2, 0.25) is 0 Å². The van der Waals surface area contributed by atoms with Crippen LogP contribution in [0, 0.1) is 0 Å². The van der Waals surface area contributed by atoms with Crippen LogP contribution >= 0.6 is 0 Å². The summed E-state index contributed by atoms with van der Waals surface area (Å²) in [6.07, 6.45) is 2.63. The van der Waals surface area contributed by atoms with E-state index in [1.165, 1.54) is 30.6 Å². The predicted molar refractivity (Wildman–Crippen MR) is 58.7 cm³/mol. The van der Waals surface area contributed by atoms with Gasteiger partial charge in [-0.3, -0.25) is 0 Å². The van der Waals surface area contributed by atoms with E-state index in [1.54, 1.807) is 0 Å². The highest BCUT2D eigenvalue weighted by Gasteiger charge is 2.39. The lowest BCUT2D eigenvalue weighted by atomic mass is 9.76. The van der Waals surface area contributed by atoms with E-state index in [9.17, 15) is 0 Å². The SMILES string of the molecule is c1ccc2c(c1)NC[C@@]21CCCNC1. The molecule has 0 saturated carbocycles. The summed E-state index contributed by atoms with van der Waals surface area (Å²) in [5, 5.41) is 7.04. The second-order valence-electron chi connectivity index (χ2n) is 4.46. The van der Waals surface area contributed by atoms with Gasteiger partial charge < -0.3 is 10.6 Å². The highest BCUT2D eigenvalue weighted by Crippen LogP contribution is 2.40. The topological polar surface area (TPSA) is 24.1 Å². The van der Waals surface area contributed by atoms with E-state index in [1.807, 2.05) is 0 Å². The highest BCUT2D eigenvalue weighted by atomic mass is 15.0. The fraction of sp³-hybridized carbons (Fsp3) is 0.500. The van der Waals surface area contributed by atoms with Gasteiger partial charge in [-0.05, 0) is 31.0 Å². The van der Waals surface area contributed by atoms with Crippen LogP contribution in [0.2, 0.25) is 0 Å². The molecular weight excluding hydrogens is 172 g/mol. The Balaban J connectivity index is 2.03. The van der Waals surface area contributed by atoms with E-state index in [4.69, 9.17) is 0 Å². The molecule has 1 saturated heterocycles. The lowest BCUT2D eigenvalue weighted by Gasteiger charge is -2.33. The minimum absolute atomic E-state index is 0.384. The van der Waals surface area contributed by atoms with E-state index in [0.717, 1.165) is 13.1 Å². The molecule has 2 N–H and O–H groups in total. The maximum absolute atomic E-state index is 3.52. The van der Waals surface area contributed by atoms with Crippen LogP contribution in [-0.4, -0.2) is 19.6 Å². The van der Waals surface area contributed by atoms with Crippen molar-refractivity contribution in [2.24, 2.45) is 0 Å². The minimum Gasteiger partial charge on any atom is -0.384 e. The van der Waals surface area contributed by atoms with E-state index < -0.39 is 0 Å². The largest absolute Gasteiger partial charge is 0.384 e. The van der Waals surface area contributed by atoms with Crippen LogP contribution in [0.4, 0.5) is 5.69 Å². The van der Waals surface area contributed by atoms with Gasteiger partial charge in [0.05, 0.1) is 0 Å². The van der Waals surface area contributed by atoms with Gasteiger partial charge in [-0.15, -0.1) is 0 Å². The zero-order valence-electron chi connectivity index (χ0n) is 8.34. The second-order valence-corrected chi connectivity index (χ2v) is 4.46. The number of hydrogen-bond acceptors (Lipinski definition) is 2. The van der Waals surface area contributed by atoms with Crippen molar-refractivity contribution in [1.82, 2.24) is 5.32 Å². The second kappa shape index (κ2) is 2.99. The van der Waals surface area contributed by atoms with Crippen LogP contribution in [0.3, 0.4) is 0 Å². The van der Waals surface area contributed by atoms with Gasteiger partial charge >= 0.3 is 0 Å². The molecule has 3 rings (SSSR count). The van der Waals surface area contributed by atoms with Crippen molar-refractivity contribution in [2.45, 2.75) is 18.3 Å². The summed E-state index contributed by atoms with van der Waals surface area (Å²) in [6.45, 7) is 3.43. The molecule has 0 unspecified atom stereocenters. The molecule has 0 amide bonds. The monoisotopic (exact) mass is 188 g/mol. The van der Waals surface area contributed by atoms with E-state index in [2.05, 4.69) is 34.9 Å². The van der Waals surface area contributed by atoms with Crippen LogP contribution in [0.15, 0.2) is 24.3 Å². The van der Waals surface area contributed by atoms with Crippen molar-refractivity contribution in [3.63, 3.8) is 0 Å². The Morgan fingerprint density at radius 2 is 2.07 bits per heavy atom. The number of fused-ring (bicyclic) bond motifs is 2. The Hall–Kier alpha value is -1.02. The Bertz CT molecular complexity index is 334. The number of para-hydroxylation sites is 1. The molecule has 1 atom stereocenters. The molecule has 2 nitrogen and oxygen atoms in total. The van der Waals surface area contributed by atoms with Crippen LogP contribution in [0.5, 0.6) is 0 Å². The maximum atomic E-state index is 3.52. The molecule has 74 valence electrons. The van der Waals surface area contributed by atoms with Gasteiger partial charge in [0, 0.05) is 24.2 Å². The minimum atomic E-state index is 0.384. The summed E-state index contributed by atoms with van der Waals surface area (Å²) in [5.41, 5.74) is 3.25. The molecule has 1 fully saturated rings. The number of hydrogen-bond donors (Lipinski definition) is 2. The van der Waals surface area contributed by atoms with Crippen molar-refractivity contribution < 1.29 is 0 Å². The molecule has 2 heteroatoms. The van der Waals surface area contributed by atoms with Crippen molar-refractivity contribution in [1.29, 1.82) is 0 Å². The molecule has 0 bridgehead atoms. The molecule has 2 heterocycles. The molecule has 2 aliphatic rings. The molecular formula is C12H16N2. The average molecular weight is 188 g/mol. The van der Waals surface area contributed by atoms with Crippen molar-refractivity contribution >= 4 is 5.69 Å². The molecule has 0 radical (unpaired) electrons. The first-order valence-electron chi connectivity index (χ1n) is 5.45. The third-order valence-electron chi connectivity index (χ3n) is 3.59. The maximum Gasteiger partial charge on any atom is 0.0379 e. The smallest absolute Gasteiger partial charge is 0.0379 e. The first kappa shape index (κ1) is 8.30. The van der Waals surface area contributed by atoms with Crippen molar-refractivity contribution in [3.8, 4) is 0 Å². The summed E-state index contributed by atoms with van der Waals surface area (Å²) in [7, 11) is 0. The van der Waals surface area contributed by atoms with E-state index in [0.29, 0.717) is 5.41 Å². The van der Waals surface area contributed by atoms with Crippen molar-refractivity contribution in [3.05, 3.63) is 29.8 Å². The van der Waals surface area contributed by atoms with Gasteiger partial charge in [0.15, 0.2) is 0 Å². The van der Waals surface area contributed by atoms with E-state index in [-0.39, 0.29) is 0 Å². The average Bonchev–Trinajstić information content (AvgIpc) is 2.60. The normalized spacial score (nSPS) is 30.0. The molecule has 1 aromatic carbocycles. The summed E-state index contributed by atoms with van der Waals surface area (Å²) in [5.74, 6) is 0. The first-order chi connectivity index (χ1) is 6.91. The van der Waals surface area contributed by atoms with Crippen LogP contribution < -0.4 is 10.6 Å². The number of benzene rings is 1. The summed E-state index contributed by atoms with van der Waals surface area (Å²) < 4.78 is 0. The molecule has 1 aromatic rings. The lowest BCUT2D eigenvalue weighted by Crippen LogP contribution is -2.44. The fourth-order valence-corrected chi connectivity index (χ4v) is 2.81. The summed E-state index contributed by atoms with van der Waals surface area (Å²) in [4.78, 5) is 0. The predicted octanol–water partition coefficient (Wildman–Crippen LogP) is 1.73. The Morgan fingerprint density at radius 3 is 2.93 bits per heavy atom. The number of anilines is 1. The summed E-state index contributed by atoms with van der Waals surface area (Å²) >= 11 is 0. The quantitative estimate of drug-likeness (QED) is 0.648. The van der Waals surface area contributed by atoms with Gasteiger partial charge in [0.25, 0.3) is 0 Å². The van der Waals surface area contributed by atoms with Crippen molar-refractivity contribution in [2.75, 3.05) is 25.0 Å². The first-order valence-corrected chi connectivity index (χ1v) is 5.45. The standard InChI is InChI=1S/C12H16N2/c1-2-5-11-10(4-1)12(9-14-11)6-3-7-13-8-12/h1-2,4-5,13-14H,3,6-9H2/t12-/m0/s1. The zero-order valence-corrected chi connectivity index (χ0v) is 8.34. The Labute approximate surface area is 84.7 Å². The fourth-order valence-electron chi connectivity index (χ4n) is 2.81. The Kier molecular flexibility index (Phi) is 1.77. The van der Waals surface area contributed by atoms with Gasteiger partial charge in [0.1, 0.15) is 0 Å². The third-order valence-corrected chi connectivity index (χ3v) is 3.59. The van der Waals surface area contributed by atoms with Gasteiger partial charge in [-0.1, -0.05) is 18.2 Å². The number of rotatable bonds is 0. The van der Waals surface area contributed by atoms with Crippen LogP contribution in [0.25, 0.3) is 0 Å². The van der Waals surface area contributed by atoms with Crippen LogP contribution in [0.1, 0.15) is 18.4 Å². The Morgan fingerprint density at radius 1 is 1.14 bits per heavy atom. The molecule has 0 aromatic heterocycles. The van der Waals surface area contributed by atoms with Crippen LogP contribution in [-0.2, 0) is 5.41 Å². The third kappa shape index (κ3) is 1.07. The van der Waals surface area contributed by atoms with E-state index >= 15 is 0 Å². The molecule has 2 aliphatic heterocycles. The lowest BCUT2D eigenvalue weighted by molar-refractivity contribution is 0.339. The molecule has 0 aliphatic carbocycles. The summed E-state index contributed by atoms with van der Waals surface area (Å²) in [6, 6.07) is 8.74. The van der Waals surface area contributed by atoms with Gasteiger partial charge in [-0.2, -0.15) is 0 Å². The highest BCUT2D eigenvalue weighted by molar-refractivity contribution is 5.60. The molecule has 1 spiro atoms.